The highest BCUT2D eigenvalue weighted by molar-refractivity contribution is 7.99. The van der Waals surface area contributed by atoms with E-state index in [0.717, 1.165) is 29.5 Å². The molecule has 0 radical (unpaired) electrons. The molecule has 1 aliphatic rings. The number of aromatic nitrogens is 3. The molecule has 0 saturated carbocycles. The van der Waals surface area contributed by atoms with Gasteiger partial charge in [-0.15, -0.1) is 0 Å². The molecule has 0 amide bonds. The fourth-order valence-corrected chi connectivity index (χ4v) is 3.62. The third-order valence-corrected chi connectivity index (χ3v) is 4.87. The minimum atomic E-state index is 0.631. The summed E-state index contributed by atoms with van der Waals surface area (Å²) in [5.41, 5.74) is 11.5. The molecular weight excluding hydrogens is 320 g/mol. The van der Waals surface area contributed by atoms with Crippen LogP contribution >= 0.6 is 11.8 Å². The van der Waals surface area contributed by atoms with Crippen LogP contribution in [0.25, 0.3) is 5.65 Å². The summed E-state index contributed by atoms with van der Waals surface area (Å²) in [5.74, 6) is 1.59. The zero-order valence-corrected chi connectivity index (χ0v) is 14.5. The van der Waals surface area contributed by atoms with Crippen LogP contribution in [-0.2, 0) is 0 Å². The highest BCUT2D eigenvalue weighted by Crippen LogP contribution is 2.32. The van der Waals surface area contributed by atoms with Crippen LogP contribution in [0, 0.1) is 0 Å². The molecule has 126 valence electrons. The Morgan fingerprint density at radius 3 is 2.50 bits per heavy atom. The topological polar surface area (TPSA) is 85.5 Å². The summed E-state index contributed by atoms with van der Waals surface area (Å²) in [6.07, 6.45) is 4.28. The lowest BCUT2D eigenvalue weighted by molar-refractivity contribution is 0.905. The van der Waals surface area contributed by atoms with E-state index in [2.05, 4.69) is 27.9 Å². The number of nitrogens with two attached hydrogens (primary N) is 2. The van der Waals surface area contributed by atoms with Crippen molar-refractivity contribution >= 4 is 29.0 Å². The summed E-state index contributed by atoms with van der Waals surface area (Å²) in [6.45, 7) is 2.11. The summed E-state index contributed by atoms with van der Waals surface area (Å²) in [7, 11) is 1.50. The lowest BCUT2D eigenvalue weighted by Crippen LogP contribution is -2.20. The standard InChI is InChI=1S/C16H17N5S.CH5N/c17-14-10-15(20-8-4-5-9-20)19-16-13(11-18-21(14)16)22-12-6-2-1-3-7-12;1-2/h1-3,6-7,10-11H,4-5,8-9,17H2;2H2,1H3. The van der Waals surface area contributed by atoms with E-state index in [4.69, 9.17) is 10.7 Å². The number of nitrogen functional groups attached to an aromatic ring is 1. The van der Waals surface area contributed by atoms with Gasteiger partial charge >= 0.3 is 0 Å². The Morgan fingerprint density at radius 2 is 1.79 bits per heavy atom. The third-order valence-electron chi connectivity index (χ3n) is 3.85. The molecule has 4 rings (SSSR count). The molecule has 3 aromatic rings. The van der Waals surface area contributed by atoms with E-state index in [1.807, 2.05) is 30.5 Å². The monoisotopic (exact) mass is 342 g/mol. The van der Waals surface area contributed by atoms with Crippen molar-refractivity contribution in [2.75, 3.05) is 30.8 Å². The van der Waals surface area contributed by atoms with E-state index in [1.165, 1.54) is 24.8 Å². The number of rotatable bonds is 3. The second-order valence-electron chi connectivity index (χ2n) is 5.39. The quantitative estimate of drug-likeness (QED) is 0.761. The SMILES string of the molecule is CN.Nc1cc(N2CCCC2)nc2c(Sc3ccccc3)cnn12. The smallest absolute Gasteiger partial charge is 0.173 e. The Labute approximate surface area is 145 Å². The van der Waals surface area contributed by atoms with Crippen molar-refractivity contribution in [3.8, 4) is 0 Å². The second kappa shape index (κ2) is 7.55. The van der Waals surface area contributed by atoms with Crippen LogP contribution in [0.2, 0.25) is 0 Å². The average Bonchev–Trinajstić information content (AvgIpc) is 3.28. The zero-order chi connectivity index (χ0) is 16.9. The van der Waals surface area contributed by atoms with Crippen LogP contribution in [0.3, 0.4) is 0 Å². The number of hydrogen-bond donors (Lipinski definition) is 2. The Morgan fingerprint density at radius 1 is 1.08 bits per heavy atom. The Balaban J connectivity index is 0.000000815. The molecule has 1 aliphatic heterocycles. The summed E-state index contributed by atoms with van der Waals surface area (Å²) >= 11 is 1.66. The number of anilines is 2. The van der Waals surface area contributed by atoms with Crippen molar-refractivity contribution in [3.05, 3.63) is 42.6 Å². The van der Waals surface area contributed by atoms with E-state index >= 15 is 0 Å². The maximum absolute atomic E-state index is 6.16. The summed E-state index contributed by atoms with van der Waals surface area (Å²) in [5, 5.41) is 4.37. The fraction of sp³-hybridized carbons (Fsp3) is 0.294. The molecule has 3 heterocycles. The Hall–Kier alpha value is -2.25. The van der Waals surface area contributed by atoms with E-state index in [-0.39, 0.29) is 0 Å². The Bertz CT molecular complexity index is 795. The molecule has 0 aliphatic carbocycles. The Kier molecular flexibility index (Phi) is 5.22. The predicted molar refractivity (Wildman–Crippen MR) is 99.5 cm³/mol. The molecule has 0 unspecified atom stereocenters. The maximum atomic E-state index is 6.16. The van der Waals surface area contributed by atoms with Crippen LogP contribution in [0.15, 0.2) is 52.4 Å². The second-order valence-corrected chi connectivity index (χ2v) is 6.51. The molecule has 1 saturated heterocycles. The number of nitrogens with zero attached hydrogens (tertiary/aromatic N) is 4. The molecule has 24 heavy (non-hydrogen) atoms. The normalized spacial score (nSPS) is 13.8. The van der Waals surface area contributed by atoms with E-state index in [1.54, 1.807) is 16.3 Å². The van der Waals surface area contributed by atoms with Gasteiger partial charge in [-0.2, -0.15) is 9.61 Å². The lowest BCUT2D eigenvalue weighted by atomic mass is 10.4. The van der Waals surface area contributed by atoms with Gasteiger partial charge in [0, 0.05) is 24.1 Å². The van der Waals surface area contributed by atoms with Gasteiger partial charge in [-0.1, -0.05) is 30.0 Å². The first-order chi connectivity index (χ1) is 11.8. The minimum absolute atomic E-state index is 0.631. The third kappa shape index (κ3) is 3.32. The maximum Gasteiger partial charge on any atom is 0.173 e. The first kappa shape index (κ1) is 16.6. The molecular formula is C17H22N6S. The van der Waals surface area contributed by atoms with Gasteiger partial charge in [0.1, 0.15) is 11.6 Å². The molecule has 4 N–H and O–H groups in total. The van der Waals surface area contributed by atoms with Crippen molar-refractivity contribution in [1.29, 1.82) is 0 Å². The highest BCUT2D eigenvalue weighted by Gasteiger charge is 2.17. The van der Waals surface area contributed by atoms with Crippen molar-refractivity contribution in [1.82, 2.24) is 14.6 Å². The van der Waals surface area contributed by atoms with Gasteiger partial charge in [0.2, 0.25) is 0 Å². The summed E-state index contributed by atoms with van der Waals surface area (Å²) < 4.78 is 1.71. The first-order valence-corrected chi connectivity index (χ1v) is 8.83. The zero-order valence-electron chi connectivity index (χ0n) is 13.7. The van der Waals surface area contributed by atoms with E-state index in [0.29, 0.717) is 5.82 Å². The minimum Gasteiger partial charge on any atom is -0.383 e. The molecule has 0 atom stereocenters. The van der Waals surface area contributed by atoms with Gasteiger partial charge in [-0.05, 0) is 32.0 Å². The van der Waals surface area contributed by atoms with Gasteiger partial charge in [0.05, 0.1) is 11.1 Å². The van der Waals surface area contributed by atoms with E-state index in [9.17, 15) is 0 Å². The fourth-order valence-electron chi connectivity index (χ4n) is 2.75. The molecule has 6 nitrogen and oxygen atoms in total. The van der Waals surface area contributed by atoms with Gasteiger partial charge in [0.15, 0.2) is 5.65 Å². The van der Waals surface area contributed by atoms with Crippen LogP contribution in [-0.4, -0.2) is 34.7 Å². The van der Waals surface area contributed by atoms with Crippen molar-refractivity contribution in [3.63, 3.8) is 0 Å². The summed E-state index contributed by atoms with van der Waals surface area (Å²) in [4.78, 5) is 9.29. The van der Waals surface area contributed by atoms with Gasteiger partial charge in [-0.3, -0.25) is 0 Å². The van der Waals surface area contributed by atoms with Crippen molar-refractivity contribution in [2.24, 2.45) is 5.73 Å². The molecule has 0 spiro atoms. The molecule has 0 bridgehead atoms. The predicted octanol–water partition coefficient (Wildman–Crippen LogP) is 2.64. The van der Waals surface area contributed by atoms with Crippen molar-refractivity contribution in [2.45, 2.75) is 22.6 Å². The van der Waals surface area contributed by atoms with E-state index < -0.39 is 0 Å². The van der Waals surface area contributed by atoms with Gasteiger partial charge in [-0.25, -0.2) is 4.98 Å². The van der Waals surface area contributed by atoms with Crippen LogP contribution in [0.1, 0.15) is 12.8 Å². The number of fused-ring (bicyclic) bond motifs is 1. The highest BCUT2D eigenvalue weighted by atomic mass is 32.2. The summed E-state index contributed by atoms with van der Waals surface area (Å²) in [6, 6.07) is 12.2. The van der Waals surface area contributed by atoms with Crippen molar-refractivity contribution < 1.29 is 0 Å². The van der Waals surface area contributed by atoms with Gasteiger partial charge in [0.25, 0.3) is 0 Å². The van der Waals surface area contributed by atoms with Crippen LogP contribution < -0.4 is 16.4 Å². The molecule has 1 fully saturated rings. The number of benzene rings is 1. The lowest BCUT2D eigenvalue weighted by Gasteiger charge is -2.17. The largest absolute Gasteiger partial charge is 0.383 e. The van der Waals surface area contributed by atoms with Gasteiger partial charge < -0.3 is 16.4 Å². The average molecular weight is 342 g/mol. The number of hydrogen-bond acceptors (Lipinski definition) is 6. The van der Waals surface area contributed by atoms with Crippen LogP contribution in [0.5, 0.6) is 0 Å². The molecule has 1 aromatic carbocycles. The molecule has 7 heteroatoms. The van der Waals surface area contributed by atoms with Crippen LogP contribution in [0.4, 0.5) is 11.6 Å². The first-order valence-electron chi connectivity index (χ1n) is 8.01. The molecule has 2 aromatic heterocycles.